The first-order valence-electron chi connectivity index (χ1n) is 6.21. The summed E-state index contributed by atoms with van der Waals surface area (Å²) in [4.78, 5) is 12.1. The molecule has 0 spiro atoms. The number of hydrogen-bond donors (Lipinski definition) is 2. The Bertz CT molecular complexity index is 872. The van der Waals surface area contributed by atoms with Gasteiger partial charge in [-0.1, -0.05) is 35.3 Å². The number of sulfonamides is 1. The molecule has 0 aliphatic carbocycles. The SMILES string of the molecule is NS(=O)(=O)Cc1cccc(NC(=O)c2cc(F)c(Cl)cc2Cl)c1. The molecule has 23 heavy (non-hydrogen) atoms. The number of carbonyl (C=O) groups is 1. The van der Waals surface area contributed by atoms with Crippen LogP contribution in [0.25, 0.3) is 0 Å². The van der Waals surface area contributed by atoms with Gasteiger partial charge in [0.15, 0.2) is 0 Å². The summed E-state index contributed by atoms with van der Waals surface area (Å²) < 4.78 is 35.6. The zero-order chi connectivity index (χ0) is 17.2. The van der Waals surface area contributed by atoms with Crippen molar-refractivity contribution in [1.82, 2.24) is 0 Å². The molecule has 0 fully saturated rings. The number of carbonyl (C=O) groups excluding carboxylic acids is 1. The van der Waals surface area contributed by atoms with Crippen LogP contribution < -0.4 is 10.5 Å². The Morgan fingerprint density at radius 1 is 1.17 bits per heavy atom. The largest absolute Gasteiger partial charge is 0.322 e. The lowest BCUT2D eigenvalue weighted by Crippen LogP contribution is -2.15. The molecule has 3 N–H and O–H groups in total. The fourth-order valence-corrected chi connectivity index (χ4v) is 2.98. The van der Waals surface area contributed by atoms with Crippen molar-refractivity contribution in [3.8, 4) is 0 Å². The third kappa shape index (κ3) is 4.90. The number of nitrogens with two attached hydrogens (primary N) is 1. The Labute approximate surface area is 142 Å². The summed E-state index contributed by atoms with van der Waals surface area (Å²) in [5.74, 6) is -1.80. The molecule has 0 unspecified atom stereocenters. The first-order valence-corrected chi connectivity index (χ1v) is 8.68. The Morgan fingerprint density at radius 2 is 1.87 bits per heavy atom. The molecule has 0 atom stereocenters. The van der Waals surface area contributed by atoms with Gasteiger partial charge in [0.2, 0.25) is 10.0 Å². The maximum atomic E-state index is 13.5. The molecular formula is C14H11Cl2FN2O3S. The van der Waals surface area contributed by atoms with Crippen LogP contribution in [0.5, 0.6) is 0 Å². The van der Waals surface area contributed by atoms with E-state index >= 15 is 0 Å². The second kappa shape index (κ2) is 6.84. The number of benzene rings is 2. The smallest absolute Gasteiger partial charge is 0.257 e. The van der Waals surface area contributed by atoms with Crippen LogP contribution in [0.1, 0.15) is 15.9 Å². The van der Waals surface area contributed by atoms with Crippen LogP contribution in [-0.4, -0.2) is 14.3 Å². The summed E-state index contributed by atoms with van der Waals surface area (Å²) in [6.45, 7) is 0. The van der Waals surface area contributed by atoms with Gasteiger partial charge in [0, 0.05) is 5.69 Å². The molecule has 0 aliphatic heterocycles. The molecule has 2 aromatic carbocycles. The van der Waals surface area contributed by atoms with Crippen LogP contribution in [0, 0.1) is 5.82 Å². The van der Waals surface area contributed by atoms with Crippen LogP contribution in [0.2, 0.25) is 10.0 Å². The van der Waals surface area contributed by atoms with Gasteiger partial charge in [-0.3, -0.25) is 4.79 Å². The quantitative estimate of drug-likeness (QED) is 0.802. The first kappa shape index (κ1) is 17.7. The Kier molecular flexibility index (Phi) is 5.26. The maximum absolute atomic E-state index is 13.5. The average molecular weight is 377 g/mol. The van der Waals surface area contributed by atoms with Gasteiger partial charge in [0.25, 0.3) is 5.91 Å². The Morgan fingerprint density at radius 3 is 2.52 bits per heavy atom. The van der Waals surface area contributed by atoms with Gasteiger partial charge >= 0.3 is 0 Å². The van der Waals surface area contributed by atoms with Gasteiger partial charge < -0.3 is 5.32 Å². The predicted molar refractivity (Wildman–Crippen MR) is 87.6 cm³/mol. The minimum Gasteiger partial charge on any atom is -0.322 e. The predicted octanol–water partition coefficient (Wildman–Crippen LogP) is 3.17. The number of nitrogens with one attached hydrogen (secondary N) is 1. The highest BCUT2D eigenvalue weighted by Gasteiger charge is 2.15. The van der Waals surface area contributed by atoms with Crippen LogP contribution >= 0.6 is 23.2 Å². The van der Waals surface area contributed by atoms with Gasteiger partial charge in [-0.05, 0) is 29.8 Å². The molecule has 0 saturated heterocycles. The number of primary sulfonamides is 1. The molecule has 0 saturated carbocycles. The zero-order valence-corrected chi connectivity index (χ0v) is 13.8. The normalized spacial score (nSPS) is 11.3. The van der Waals surface area contributed by atoms with Crippen molar-refractivity contribution in [2.75, 3.05) is 5.32 Å². The second-order valence-corrected chi connectivity index (χ2v) is 7.14. The van der Waals surface area contributed by atoms with Gasteiger partial charge in [-0.15, -0.1) is 0 Å². The summed E-state index contributed by atoms with van der Waals surface area (Å²) in [6, 6.07) is 8.15. The van der Waals surface area contributed by atoms with Gasteiger partial charge in [-0.2, -0.15) is 0 Å². The Hall–Kier alpha value is -1.67. The third-order valence-electron chi connectivity index (χ3n) is 2.81. The van der Waals surface area contributed by atoms with Crippen molar-refractivity contribution in [3.63, 3.8) is 0 Å². The minimum absolute atomic E-state index is 0.00501. The molecule has 122 valence electrons. The van der Waals surface area contributed by atoms with Crippen LogP contribution in [0.15, 0.2) is 36.4 Å². The number of amides is 1. The van der Waals surface area contributed by atoms with Crippen molar-refractivity contribution < 1.29 is 17.6 Å². The maximum Gasteiger partial charge on any atom is 0.257 e. The van der Waals surface area contributed by atoms with Gasteiger partial charge in [0.05, 0.1) is 21.4 Å². The van der Waals surface area contributed by atoms with Gasteiger partial charge in [0.1, 0.15) is 5.82 Å². The standard InChI is InChI=1S/C14H11Cl2FN2O3S/c15-11-6-12(16)13(17)5-10(11)14(20)19-9-3-1-2-8(4-9)7-23(18,21)22/h1-6H,7H2,(H,19,20)(H2,18,21,22). The zero-order valence-electron chi connectivity index (χ0n) is 11.5. The fraction of sp³-hybridized carbons (Fsp3) is 0.0714. The topological polar surface area (TPSA) is 89.3 Å². The van der Waals surface area contributed by atoms with Crippen LogP contribution in [-0.2, 0) is 15.8 Å². The van der Waals surface area contributed by atoms with Crippen molar-refractivity contribution in [1.29, 1.82) is 0 Å². The van der Waals surface area contributed by atoms with E-state index in [9.17, 15) is 17.6 Å². The van der Waals surface area contributed by atoms with E-state index in [-0.39, 0.29) is 21.4 Å². The van der Waals surface area contributed by atoms with E-state index in [2.05, 4.69) is 5.32 Å². The van der Waals surface area contributed by atoms with Crippen molar-refractivity contribution in [3.05, 3.63) is 63.4 Å². The molecule has 0 radical (unpaired) electrons. The number of halogens is 3. The van der Waals surface area contributed by atoms with E-state index in [0.717, 1.165) is 12.1 Å². The molecule has 0 heterocycles. The van der Waals surface area contributed by atoms with E-state index < -0.39 is 21.7 Å². The summed E-state index contributed by atoms with van der Waals surface area (Å²) in [5, 5.41) is 7.28. The molecule has 1 amide bonds. The molecular weight excluding hydrogens is 366 g/mol. The summed E-state index contributed by atoms with van der Waals surface area (Å²) in [5.41, 5.74) is 0.631. The minimum atomic E-state index is -3.69. The molecule has 2 rings (SSSR count). The lowest BCUT2D eigenvalue weighted by molar-refractivity contribution is 0.102. The monoisotopic (exact) mass is 376 g/mol. The van der Waals surface area contributed by atoms with Crippen LogP contribution in [0.4, 0.5) is 10.1 Å². The van der Waals surface area contributed by atoms with E-state index in [1.807, 2.05) is 0 Å². The first-order chi connectivity index (χ1) is 10.7. The van der Waals surface area contributed by atoms with Gasteiger partial charge in [-0.25, -0.2) is 17.9 Å². The highest BCUT2D eigenvalue weighted by Crippen LogP contribution is 2.25. The summed E-state index contributed by atoms with van der Waals surface area (Å²) in [7, 11) is -3.69. The van der Waals surface area contributed by atoms with Crippen LogP contribution in [0.3, 0.4) is 0 Å². The number of anilines is 1. The summed E-state index contributed by atoms with van der Waals surface area (Å²) in [6.07, 6.45) is 0. The fourth-order valence-electron chi connectivity index (χ4n) is 1.87. The number of hydrogen-bond acceptors (Lipinski definition) is 3. The molecule has 5 nitrogen and oxygen atoms in total. The van der Waals surface area contributed by atoms with E-state index in [1.54, 1.807) is 18.2 Å². The molecule has 2 aromatic rings. The second-order valence-electron chi connectivity index (χ2n) is 4.71. The third-order valence-corrected chi connectivity index (χ3v) is 4.15. The number of rotatable bonds is 4. The van der Waals surface area contributed by atoms with Crippen molar-refractivity contribution in [2.45, 2.75) is 5.75 Å². The molecule has 0 aliphatic rings. The lowest BCUT2D eigenvalue weighted by Gasteiger charge is -2.09. The highest BCUT2D eigenvalue weighted by atomic mass is 35.5. The molecule has 9 heteroatoms. The van der Waals surface area contributed by atoms with Crippen molar-refractivity contribution in [2.24, 2.45) is 5.14 Å². The Balaban J connectivity index is 2.24. The summed E-state index contributed by atoms with van der Waals surface area (Å²) >= 11 is 11.4. The van der Waals surface area contributed by atoms with E-state index in [4.69, 9.17) is 28.3 Å². The van der Waals surface area contributed by atoms with E-state index in [0.29, 0.717) is 11.3 Å². The van der Waals surface area contributed by atoms with Crippen molar-refractivity contribution >= 4 is 44.8 Å². The molecule has 0 aromatic heterocycles. The van der Waals surface area contributed by atoms with E-state index in [1.165, 1.54) is 6.07 Å². The lowest BCUT2D eigenvalue weighted by atomic mass is 10.2. The highest BCUT2D eigenvalue weighted by molar-refractivity contribution is 7.88. The molecule has 0 bridgehead atoms. The average Bonchev–Trinajstić information content (AvgIpc) is 2.41.